The van der Waals surface area contributed by atoms with Crippen molar-refractivity contribution in [2.45, 2.75) is 6.42 Å². The maximum absolute atomic E-state index is 12.8. The van der Waals surface area contributed by atoms with Gasteiger partial charge in [-0.15, -0.1) is 0 Å². The minimum absolute atomic E-state index is 0.251. The second kappa shape index (κ2) is 6.83. The van der Waals surface area contributed by atoms with Gasteiger partial charge in [0, 0.05) is 32.5 Å². The van der Waals surface area contributed by atoms with Gasteiger partial charge in [0.15, 0.2) is 5.82 Å². The number of fused-ring (bicyclic) bond motifs is 1. The molecule has 2 amide bonds. The average Bonchev–Trinajstić information content (AvgIpc) is 2.98. The number of carbonyl (C=O) groups is 1. The highest BCUT2D eigenvalue weighted by Crippen LogP contribution is 2.30. The summed E-state index contributed by atoms with van der Waals surface area (Å²) in [5.41, 5.74) is 2.33. The van der Waals surface area contributed by atoms with E-state index in [1.165, 1.54) is 0 Å². The summed E-state index contributed by atoms with van der Waals surface area (Å²) in [6, 6.07) is 10.9. The molecule has 4 heterocycles. The summed E-state index contributed by atoms with van der Waals surface area (Å²) in [7, 11) is 1.86. The molecule has 0 saturated carbocycles. The van der Waals surface area contributed by atoms with Crippen LogP contribution in [0.2, 0.25) is 0 Å². The molecule has 0 aromatic carbocycles. The van der Waals surface area contributed by atoms with Crippen LogP contribution in [-0.4, -0.2) is 38.9 Å². The molecule has 0 bridgehead atoms. The maximum atomic E-state index is 12.8. The lowest BCUT2D eigenvalue weighted by atomic mass is 10.2. The zero-order valence-corrected chi connectivity index (χ0v) is 14.4. The summed E-state index contributed by atoms with van der Waals surface area (Å²) in [5, 5.41) is 10.6. The van der Waals surface area contributed by atoms with Gasteiger partial charge in [0.2, 0.25) is 0 Å². The lowest BCUT2D eigenvalue weighted by Gasteiger charge is -2.22. The van der Waals surface area contributed by atoms with Crippen molar-refractivity contribution in [1.29, 1.82) is 0 Å². The minimum Gasteiger partial charge on any atom is -0.382 e. The normalized spacial score (nSPS) is 13.5. The number of hydrogen-bond acceptors (Lipinski definition) is 5. The number of hydrogen-bond donors (Lipinski definition) is 2. The molecule has 0 fully saturated rings. The first kappa shape index (κ1) is 16.1. The number of amides is 2. The molecular weight excluding hydrogens is 330 g/mol. The van der Waals surface area contributed by atoms with Gasteiger partial charge in [-0.05, 0) is 36.8 Å². The first-order valence-electron chi connectivity index (χ1n) is 8.45. The molecule has 0 radical (unpaired) electrons. The Labute approximate surface area is 150 Å². The van der Waals surface area contributed by atoms with Gasteiger partial charge < -0.3 is 5.32 Å². The molecule has 3 aromatic rings. The molecule has 0 spiro atoms. The smallest absolute Gasteiger partial charge is 0.328 e. The van der Waals surface area contributed by atoms with Gasteiger partial charge in [-0.3, -0.25) is 14.9 Å². The van der Waals surface area contributed by atoms with Gasteiger partial charge in [0.1, 0.15) is 11.5 Å². The van der Waals surface area contributed by atoms with E-state index in [1.54, 1.807) is 21.8 Å². The van der Waals surface area contributed by atoms with Crippen molar-refractivity contribution < 1.29 is 4.79 Å². The Morgan fingerprint density at radius 2 is 2.12 bits per heavy atom. The van der Waals surface area contributed by atoms with Crippen LogP contribution >= 0.6 is 0 Å². The van der Waals surface area contributed by atoms with Gasteiger partial charge in [-0.2, -0.15) is 5.10 Å². The van der Waals surface area contributed by atoms with E-state index in [9.17, 15) is 4.79 Å². The second-order valence-corrected chi connectivity index (χ2v) is 6.02. The number of pyridine rings is 2. The third-order valence-corrected chi connectivity index (χ3v) is 4.13. The van der Waals surface area contributed by atoms with Crippen LogP contribution in [0.4, 0.5) is 22.1 Å². The van der Waals surface area contributed by atoms with Gasteiger partial charge in [0.05, 0.1) is 11.4 Å². The molecule has 8 nitrogen and oxygen atoms in total. The average molecular weight is 349 g/mol. The van der Waals surface area contributed by atoms with E-state index >= 15 is 0 Å². The van der Waals surface area contributed by atoms with E-state index in [-0.39, 0.29) is 6.03 Å². The lowest BCUT2D eigenvalue weighted by Crippen LogP contribution is -2.36. The first-order chi connectivity index (χ1) is 12.7. The van der Waals surface area contributed by atoms with Crippen molar-refractivity contribution in [3.63, 3.8) is 0 Å². The number of urea groups is 1. The van der Waals surface area contributed by atoms with Crippen LogP contribution in [0.15, 0.2) is 48.8 Å². The molecule has 8 heteroatoms. The first-order valence-corrected chi connectivity index (χ1v) is 8.45. The predicted molar refractivity (Wildman–Crippen MR) is 100 cm³/mol. The molecule has 3 aromatic heterocycles. The highest BCUT2D eigenvalue weighted by molar-refractivity contribution is 6.02. The summed E-state index contributed by atoms with van der Waals surface area (Å²) in [5.74, 6) is 1.11. The summed E-state index contributed by atoms with van der Waals surface area (Å²) in [6.45, 7) is 1.35. The number of nitrogens with one attached hydrogen (secondary N) is 2. The highest BCUT2D eigenvalue weighted by atomic mass is 16.2. The van der Waals surface area contributed by atoms with E-state index in [0.717, 1.165) is 30.0 Å². The molecular formula is C18H19N7O. The fourth-order valence-electron chi connectivity index (χ4n) is 2.86. The largest absolute Gasteiger partial charge is 0.382 e. The van der Waals surface area contributed by atoms with Crippen molar-refractivity contribution in [3.05, 3.63) is 48.8 Å². The van der Waals surface area contributed by atoms with Crippen molar-refractivity contribution in [2.75, 3.05) is 28.6 Å². The quantitative estimate of drug-likeness (QED) is 0.743. The molecule has 4 rings (SSSR count). The van der Waals surface area contributed by atoms with Gasteiger partial charge in [0.25, 0.3) is 0 Å². The standard InChI is InChI=1S/C18H19N7O/c1-24-12-8-14(23-24)13-6-7-15-17(21-13)25(11-4-10-19-15)18(26)22-16-5-2-3-9-20-16/h2-3,5-9,12,19H,4,10-11H2,1H3,(H,20,22,26). The van der Waals surface area contributed by atoms with E-state index in [1.807, 2.05) is 43.6 Å². The second-order valence-electron chi connectivity index (χ2n) is 6.02. The van der Waals surface area contributed by atoms with E-state index < -0.39 is 0 Å². The van der Waals surface area contributed by atoms with E-state index in [4.69, 9.17) is 4.98 Å². The molecule has 0 unspecified atom stereocenters. The monoisotopic (exact) mass is 349 g/mol. The molecule has 132 valence electrons. The van der Waals surface area contributed by atoms with Crippen LogP contribution in [0, 0.1) is 0 Å². The van der Waals surface area contributed by atoms with Crippen LogP contribution < -0.4 is 15.5 Å². The van der Waals surface area contributed by atoms with Gasteiger partial charge >= 0.3 is 6.03 Å². The molecule has 26 heavy (non-hydrogen) atoms. The van der Waals surface area contributed by atoms with Crippen LogP contribution in [0.1, 0.15) is 6.42 Å². The van der Waals surface area contributed by atoms with Gasteiger partial charge in [-0.1, -0.05) is 6.07 Å². The molecule has 1 aliphatic heterocycles. The Hall–Kier alpha value is -3.42. The molecule has 1 aliphatic rings. The van der Waals surface area contributed by atoms with Crippen LogP contribution in [0.3, 0.4) is 0 Å². The number of carbonyl (C=O) groups excluding carboxylic acids is 1. The number of aromatic nitrogens is 4. The Morgan fingerprint density at radius 1 is 1.19 bits per heavy atom. The predicted octanol–water partition coefficient (Wildman–Crippen LogP) is 2.73. The van der Waals surface area contributed by atoms with Crippen LogP contribution in [-0.2, 0) is 7.05 Å². The molecule has 2 N–H and O–H groups in total. The number of nitrogens with zero attached hydrogens (tertiary/aromatic N) is 5. The van der Waals surface area contributed by atoms with Crippen molar-refractivity contribution in [1.82, 2.24) is 19.7 Å². The SMILES string of the molecule is Cn1ccc(-c2ccc3c(n2)N(C(=O)Nc2ccccn2)CCCN3)n1. The van der Waals surface area contributed by atoms with Crippen molar-refractivity contribution in [3.8, 4) is 11.4 Å². The summed E-state index contributed by atoms with van der Waals surface area (Å²) >= 11 is 0. The van der Waals surface area contributed by atoms with Crippen LogP contribution in [0.25, 0.3) is 11.4 Å². The molecule has 0 atom stereocenters. The number of aryl methyl sites for hydroxylation is 1. The fraction of sp³-hybridized carbons (Fsp3) is 0.222. The zero-order valence-electron chi connectivity index (χ0n) is 14.4. The van der Waals surface area contributed by atoms with Gasteiger partial charge in [-0.25, -0.2) is 14.8 Å². The lowest BCUT2D eigenvalue weighted by molar-refractivity contribution is 0.256. The maximum Gasteiger partial charge on any atom is 0.328 e. The number of anilines is 3. The summed E-state index contributed by atoms with van der Waals surface area (Å²) in [4.78, 5) is 23.3. The third kappa shape index (κ3) is 3.21. The molecule has 0 saturated heterocycles. The Bertz CT molecular complexity index is 922. The van der Waals surface area contributed by atoms with E-state index in [0.29, 0.717) is 18.2 Å². The third-order valence-electron chi connectivity index (χ3n) is 4.13. The molecule has 0 aliphatic carbocycles. The Kier molecular flexibility index (Phi) is 4.22. The topological polar surface area (TPSA) is 88.0 Å². The minimum atomic E-state index is -0.251. The van der Waals surface area contributed by atoms with E-state index in [2.05, 4.69) is 20.7 Å². The van der Waals surface area contributed by atoms with Crippen molar-refractivity contribution >= 4 is 23.4 Å². The zero-order chi connectivity index (χ0) is 17.9. The van der Waals surface area contributed by atoms with Crippen LogP contribution in [0.5, 0.6) is 0 Å². The van der Waals surface area contributed by atoms with Crippen molar-refractivity contribution in [2.24, 2.45) is 7.05 Å². The Morgan fingerprint density at radius 3 is 2.88 bits per heavy atom. The Balaban J connectivity index is 1.67. The summed E-state index contributed by atoms with van der Waals surface area (Å²) < 4.78 is 1.73. The fourth-order valence-corrected chi connectivity index (χ4v) is 2.86. The number of rotatable bonds is 2. The summed E-state index contributed by atoms with van der Waals surface area (Å²) in [6.07, 6.45) is 4.34. The highest BCUT2D eigenvalue weighted by Gasteiger charge is 2.24.